The van der Waals surface area contributed by atoms with Crippen LogP contribution in [0, 0.1) is 0 Å². The van der Waals surface area contributed by atoms with Crippen molar-refractivity contribution in [2.24, 2.45) is 0 Å². The molecule has 0 aromatic heterocycles. The normalized spacial score (nSPS) is 12.8. The molecule has 0 heterocycles. The van der Waals surface area contributed by atoms with E-state index in [1.54, 1.807) is 111 Å². The molecule has 12 nitrogen and oxygen atoms in total. The maximum absolute atomic E-state index is 10.7. The average Bonchev–Trinajstić information content (AvgIpc) is 2.60. The van der Waals surface area contributed by atoms with Crippen LogP contribution in [0.15, 0.2) is 0 Å². The van der Waals surface area contributed by atoms with Gasteiger partial charge < -0.3 is 85.6 Å². The molecule has 47 heavy (non-hydrogen) atoms. The van der Waals surface area contributed by atoms with E-state index < -0.39 is 67.2 Å². The van der Waals surface area contributed by atoms with Crippen molar-refractivity contribution >= 4 is 67.2 Å². The molecule has 0 bridgehead atoms. The van der Waals surface area contributed by atoms with Crippen LogP contribution in [0.4, 0.5) is 0 Å². The summed E-state index contributed by atoms with van der Waals surface area (Å²) in [5.74, 6) is 0. The molecule has 0 saturated carbocycles. The first-order valence-electron chi connectivity index (χ1n) is 14.0. The summed E-state index contributed by atoms with van der Waals surface area (Å²) in [6.45, 7) is 10.9. The van der Waals surface area contributed by atoms with E-state index in [0.717, 1.165) is 0 Å². The molecule has 0 fully saturated rings. The van der Waals surface area contributed by atoms with Crippen LogP contribution < -0.4 is 58.7 Å². The molecular weight excluding hydrogens is 1020 g/mol. The van der Waals surface area contributed by atoms with Gasteiger partial charge in [0.15, 0.2) is 0 Å². The summed E-state index contributed by atoms with van der Waals surface area (Å²) in [5.41, 5.74) is 0. The largest absolute Gasteiger partial charge is 4.00 e. The molecule has 23 heteroatoms. The Kier molecular flexibility index (Phi) is 42.3. The van der Waals surface area contributed by atoms with Crippen molar-refractivity contribution in [3.8, 4) is 0 Å². The van der Waals surface area contributed by atoms with Gasteiger partial charge in [-0.15, -0.1) is 0 Å². The molecule has 0 aromatic rings. The van der Waals surface area contributed by atoms with Gasteiger partial charge in [-0.05, 0) is 42.0 Å². The van der Waals surface area contributed by atoms with Crippen LogP contribution in [0.3, 0.4) is 0 Å². The van der Waals surface area contributed by atoms with E-state index in [9.17, 15) is 58.7 Å². The fourth-order valence-corrected chi connectivity index (χ4v) is 25.1. The Balaban J connectivity index is -0.0000000889. The van der Waals surface area contributed by atoms with E-state index >= 15 is 0 Å². The Morgan fingerprint density at radius 2 is 0.298 bits per heavy atom. The molecule has 0 aliphatic heterocycles. The molecule has 0 N–H and O–H groups in total. The van der Waals surface area contributed by atoms with E-state index in [1.165, 1.54) is 0 Å². The molecule has 0 aliphatic carbocycles. The zero-order valence-electron chi connectivity index (χ0n) is 30.2. The second kappa shape index (κ2) is 29.9. The van der Waals surface area contributed by atoms with Crippen LogP contribution in [-0.2, 0) is 103 Å². The summed E-state index contributed by atoms with van der Waals surface area (Å²) < 4.78 is 0. The third-order valence-electron chi connectivity index (χ3n) is 4.90. The fourth-order valence-electron chi connectivity index (χ4n) is 4.24. The van der Waals surface area contributed by atoms with E-state index in [-0.39, 0.29) is 105 Å². The first-order chi connectivity index (χ1) is 19.1. The quantitative estimate of drug-likeness (QED) is 0.171. The number of hydrogen-bond acceptors (Lipinski definition) is 12. The van der Waals surface area contributed by atoms with Crippen molar-refractivity contribution in [1.82, 2.24) is 0 Å². The van der Waals surface area contributed by atoms with Gasteiger partial charge in [0, 0.05) is 0 Å². The van der Waals surface area contributed by atoms with E-state index in [2.05, 4.69) is 0 Å². The Hall–Kier alpha value is 4.70. The van der Waals surface area contributed by atoms with Gasteiger partial charge in [0.1, 0.15) is 0 Å². The van der Waals surface area contributed by atoms with Gasteiger partial charge in [0.2, 0.25) is 0 Å². The van der Waals surface area contributed by atoms with Gasteiger partial charge in [0.25, 0.3) is 0 Å². The summed E-state index contributed by atoms with van der Waals surface area (Å²) in [6.07, 6.45) is 0. The van der Waals surface area contributed by atoms with Gasteiger partial charge in [-0.2, -0.15) is 0 Å². The molecule has 0 aliphatic rings. The minimum absolute atomic E-state index is 0. The monoisotopic (exact) mass is 1080 g/mol. The van der Waals surface area contributed by atoms with Crippen LogP contribution in [0.25, 0.3) is 0 Å². The first-order valence-corrected chi connectivity index (χ1v) is 28.0. The molecular formula is C24H56Mo3O12P4S4. The van der Waals surface area contributed by atoms with Gasteiger partial charge in [-0.3, -0.25) is 0 Å². The smallest absolute Gasteiger partial charge is 0.848 e. The SMILES string of the molecule is CC(C)S(C(C)C)=P([O-])([O-])[O-].CC(C)S(C(C)C)=P([O-])([O-])[O-].CC(C)S(C(C)C)=P([O-])([O-])[O-].CC(C)S(C(C)C)=P([O-])([O-])[O-].[Mo+4].[Mo+4].[Mo+4]. The van der Waals surface area contributed by atoms with Gasteiger partial charge in [0.05, 0.1) is 0 Å². The van der Waals surface area contributed by atoms with E-state index in [4.69, 9.17) is 0 Å². The maximum atomic E-state index is 10.7. The number of hydrogen-bond donors (Lipinski definition) is 0. The van der Waals surface area contributed by atoms with Gasteiger partial charge in [-0.1, -0.05) is 111 Å². The third kappa shape index (κ3) is 32.6. The Labute approximate surface area is 338 Å². The Bertz CT molecular complexity index is 840. The maximum Gasteiger partial charge on any atom is 4.00 e. The van der Waals surface area contributed by atoms with Crippen LogP contribution >= 0.6 is 26.9 Å². The molecule has 0 spiro atoms. The zero-order valence-corrected chi connectivity index (χ0v) is 43.0. The van der Waals surface area contributed by atoms with Gasteiger partial charge >= 0.3 is 63.2 Å². The van der Waals surface area contributed by atoms with Crippen LogP contribution in [-0.4, -0.2) is 42.0 Å². The molecule has 0 aromatic carbocycles. The molecule has 0 rings (SSSR count). The molecule has 0 atom stereocenters. The van der Waals surface area contributed by atoms with E-state index in [0.29, 0.717) is 0 Å². The minimum atomic E-state index is -4.36. The summed E-state index contributed by atoms with van der Waals surface area (Å²) >= 11 is 0. The second-order valence-electron chi connectivity index (χ2n) is 11.6. The van der Waals surface area contributed by atoms with Crippen molar-refractivity contribution in [2.75, 3.05) is 0 Å². The minimum Gasteiger partial charge on any atom is -0.848 e. The standard InChI is InChI=1S/4C6H14O3PS.3Mo/c4*1-5(2)11(6(3)4)10(7,8)9;;;/h4*5-6H,1-4H3;;;/q4*-3;3*+4. The van der Waals surface area contributed by atoms with Crippen LogP contribution in [0.1, 0.15) is 111 Å². The van der Waals surface area contributed by atoms with Crippen molar-refractivity contribution in [1.29, 1.82) is 0 Å². The molecule has 0 unspecified atom stereocenters. The van der Waals surface area contributed by atoms with Crippen molar-refractivity contribution in [2.45, 2.75) is 153 Å². The van der Waals surface area contributed by atoms with Gasteiger partial charge in [-0.25, -0.2) is 40.3 Å². The molecule has 286 valence electrons. The van der Waals surface area contributed by atoms with Crippen molar-refractivity contribution in [3.63, 3.8) is 0 Å². The summed E-state index contributed by atoms with van der Waals surface area (Å²) in [6, 6.07) is 0. The predicted molar refractivity (Wildman–Crippen MR) is 178 cm³/mol. The predicted octanol–water partition coefficient (Wildman–Crippen LogP) is -3.29. The molecule has 0 amide bonds. The molecule has 0 radical (unpaired) electrons. The van der Waals surface area contributed by atoms with Crippen LogP contribution in [0.2, 0.25) is 0 Å². The van der Waals surface area contributed by atoms with Crippen molar-refractivity contribution in [3.05, 3.63) is 0 Å². The summed E-state index contributed by atoms with van der Waals surface area (Å²) in [5, 5.41) is -0.475. The first kappa shape index (κ1) is 66.5. The van der Waals surface area contributed by atoms with Crippen LogP contribution in [0.5, 0.6) is 0 Å². The van der Waals surface area contributed by atoms with E-state index in [1.807, 2.05) is 0 Å². The Morgan fingerprint density at radius 3 is 0.298 bits per heavy atom. The zero-order chi connectivity index (χ0) is 36.9. The number of rotatable bonds is 8. The third-order valence-corrected chi connectivity index (χ3v) is 31.0. The Morgan fingerprint density at radius 1 is 0.234 bits per heavy atom. The molecule has 0 saturated heterocycles. The second-order valence-corrected chi connectivity index (χ2v) is 35.9. The average molecular weight is 1080 g/mol. The van der Waals surface area contributed by atoms with Crippen molar-refractivity contribution < 1.29 is 122 Å². The topological polar surface area (TPSA) is 277 Å². The summed E-state index contributed by atoms with van der Waals surface area (Å²) in [7, 11) is -4.00. The fraction of sp³-hybridized carbons (Fsp3) is 1.00. The summed E-state index contributed by atoms with van der Waals surface area (Å²) in [4.78, 5) is 128.